The van der Waals surface area contributed by atoms with E-state index in [4.69, 9.17) is 14.8 Å². The van der Waals surface area contributed by atoms with Crippen molar-refractivity contribution in [2.45, 2.75) is 39.3 Å². The van der Waals surface area contributed by atoms with Crippen LogP contribution in [0, 0.1) is 13.8 Å². The summed E-state index contributed by atoms with van der Waals surface area (Å²) in [6.45, 7) is 6.20. The van der Waals surface area contributed by atoms with E-state index < -0.39 is 0 Å². The fraction of sp³-hybridized carbons (Fsp3) is 0.321. The van der Waals surface area contributed by atoms with Crippen LogP contribution in [0.15, 0.2) is 48.8 Å². The van der Waals surface area contributed by atoms with E-state index in [1.54, 1.807) is 10.7 Å². The van der Waals surface area contributed by atoms with Gasteiger partial charge in [0.1, 0.15) is 23.3 Å². The Kier molecular flexibility index (Phi) is 5.66. The molecule has 6 heterocycles. The van der Waals surface area contributed by atoms with E-state index in [1.165, 1.54) is 11.3 Å². The molecule has 0 aliphatic carbocycles. The number of anilines is 5. The molecule has 39 heavy (non-hydrogen) atoms. The molecule has 0 amide bonds. The smallest absolute Gasteiger partial charge is 0.159 e. The molecule has 0 unspecified atom stereocenters. The Hall–Kier alpha value is -4.51. The number of rotatable bonds is 5. The quantitative estimate of drug-likeness (QED) is 0.337. The van der Waals surface area contributed by atoms with Crippen molar-refractivity contribution < 1.29 is 4.74 Å². The van der Waals surface area contributed by atoms with Crippen molar-refractivity contribution in [2.24, 2.45) is 0 Å². The third-order valence-electron chi connectivity index (χ3n) is 7.37. The van der Waals surface area contributed by atoms with E-state index >= 15 is 0 Å². The number of ether oxygens (including phenoxy) is 1. The maximum Gasteiger partial charge on any atom is 0.159 e. The minimum Gasteiger partial charge on any atom is -0.381 e. The number of hydrogen-bond donors (Lipinski definition) is 2. The lowest BCUT2D eigenvalue weighted by Gasteiger charge is -2.32. The maximum absolute atomic E-state index is 5.59. The van der Waals surface area contributed by atoms with Gasteiger partial charge in [-0.25, -0.2) is 15.0 Å². The van der Waals surface area contributed by atoms with Gasteiger partial charge in [0.25, 0.3) is 0 Å². The van der Waals surface area contributed by atoms with Crippen molar-refractivity contribution in [1.29, 1.82) is 0 Å². The van der Waals surface area contributed by atoms with E-state index in [0.717, 1.165) is 66.7 Å². The van der Waals surface area contributed by atoms with Crippen LogP contribution in [-0.2, 0) is 11.3 Å². The highest BCUT2D eigenvalue weighted by Crippen LogP contribution is 2.44. The number of aryl methyl sites for hydroxylation is 2. The second kappa shape index (κ2) is 9.35. The van der Waals surface area contributed by atoms with Gasteiger partial charge in [-0.3, -0.25) is 4.68 Å². The second-order valence-electron chi connectivity index (χ2n) is 10.2. The van der Waals surface area contributed by atoms with E-state index in [9.17, 15) is 0 Å². The maximum atomic E-state index is 5.59. The van der Waals surface area contributed by atoms with Crippen LogP contribution in [0.4, 0.5) is 28.8 Å². The van der Waals surface area contributed by atoms with E-state index in [0.29, 0.717) is 23.5 Å². The molecule has 0 spiro atoms. The van der Waals surface area contributed by atoms with Gasteiger partial charge in [0.15, 0.2) is 5.65 Å². The molecule has 0 bridgehead atoms. The fourth-order valence-corrected chi connectivity index (χ4v) is 5.71. The third kappa shape index (κ3) is 4.24. The van der Waals surface area contributed by atoms with Crippen LogP contribution < -0.4 is 15.5 Å². The standard InChI is InChI=1S/C28H30N10O/c1-17-13-24(32-18(2)31-17)34-25-14-27(38-26(35-25)7-10-29-38)33-22-6-4-5-20-21-15-30-37(19-8-11-39-12-9-19)23(21)16-36(3)28(20)22/h4-7,10,13-15,19,33H,8-9,11-12,16H2,1-3H3,(H,31,32,34,35). The van der Waals surface area contributed by atoms with Crippen LogP contribution in [0.5, 0.6) is 0 Å². The van der Waals surface area contributed by atoms with Gasteiger partial charge in [-0.15, -0.1) is 0 Å². The summed E-state index contributed by atoms with van der Waals surface area (Å²) in [6.07, 6.45) is 5.77. The van der Waals surface area contributed by atoms with Gasteiger partial charge >= 0.3 is 0 Å². The molecule has 0 saturated carbocycles. The Balaban J connectivity index is 1.26. The van der Waals surface area contributed by atoms with Gasteiger partial charge in [0.2, 0.25) is 0 Å². The molecular weight excluding hydrogens is 492 g/mol. The Morgan fingerprint density at radius 1 is 0.923 bits per heavy atom. The molecule has 0 atom stereocenters. The zero-order valence-corrected chi connectivity index (χ0v) is 22.2. The van der Waals surface area contributed by atoms with Crippen molar-refractivity contribution >= 4 is 34.5 Å². The topological polar surface area (TPSA) is 110 Å². The van der Waals surface area contributed by atoms with Crippen LogP contribution in [0.3, 0.4) is 0 Å². The van der Waals surface area contributed by atoms with Crippen molar-refractivity contribution in [3.05, 3.63) is 66.0 Å². The molecule has 7 rings (SSSR count). The summed E-state index contributed by atoms with van der Waals surface area (Å²) in [7, 11) is 2.14. The van der Waals surface area contributed by atoms with Crippen molar-refractivity contribution in [3.63, 3.8) is 0 Å². The Labute approximate surface area is 225 Å². The summed E-state index contributed by atoms with van der Waals surface area (Å²) in [6, 6.07) is 12.5. The fourth-order valence-electron chi connectivity index (χ4n) is 5.71. The number of nitrogens with one attached hydrogen (secondary N) is 2. The number of hydrogen-bond acceptors (Lipinski definition) is 9. The largest absolute Gasteiger partial charge is 0.381 e. The Morgan fingerprint density at radius 2 is 1.77 bits per heavy atom. The van der Waals surface area contributed by atoms with E-state index in [1.807, 2.05) is 38.2 Å². The number of para-hydroxylation sites is 1. The molecule has 2 N–H and O–H groups in total. The highest BCUT2D eigenvalue weighted by Gasteiger charge is 2.29. The van der Waals surface area contributed by atoms with Gasteiger partial charge in [-0.1, -0.05) is 12.1 Å². The molecule has 5 aromatic rings. The van der Waals surface area contributed by atoms with Gasteiger partial charge in [0.05, 0.1) is 42.0 Å². The monoisotopic (exact) mass is 522 g/mol. The summed E-state index contributed by atoms with van der Waals surface area (Å²) in [5.74, 6) is 2.87. The molecule has 1 fully saturated rings. The van der Waals surface area contributed by atoms with Crippen molar-refractivity contribution in [3.8, 4) is 11.1 Å². The Morgan fingerprint density at radius 3 is 2.62 bits per heavy atom. The van der Waals surface area contributed by atoms with Crippen LogP contribution in [0.25, 0.3) is 16.8 Å². The highest BCUT2D eigenvalue weighted by atomic mass is 16.5. The second-order valence-corrected chi connectivity index (χ2v) is 10.2. The van der Waals surface area contributed by atoms with Gasteiger partial charge in [-0.2, -0.15) is 14.7 Å². The number of benzene rings is 1. The molecule has 11 heteroatoms. The zero-order valence-electron chi connectivity index (χ0n) is 22.2. The van der Waals surface area contributed by atoms with Gasteiger partial charge in [0, 0.05) is 55.3 Å². The summed E-state index contributed by atoms with van der Waals surface area (Å²) in [4.78, 5) is 15.9. The Bertz CT molecular complexity index is 1660. The van der Waals surface area contributed by atoms with Gasteiger partial charge in [-0.05, 0) is 32.8 Å². The van der Waals surface area contributed by atoms with Crippen molar-refractivity contribution in [2.75, 3.05) is 35.8 Å². The molecule has 1 aromatic carbocycles. The lowest BCUT2D eigenvalue weighted by molar-refractivity contribution is 0.0654. The van der Waals surface area contributed by atoms with Crippen LogP contribution in [0.2, 0.25) is 0 Å². The molecule has 0 radical (unpaired) electrons. The van der Waals surface area contributed by atoms with Crippen molar-refractivity contribution in [1.82, 2.24) is 34.3 Å². The van der Waals surface area contributed by atoms with Crippen LogP contribution in [-0.4, -0.2) is 54.6 Å². The third-order valence-corrected chi connectivity index (χ3v) is 7.37. The molecule has 2 aliphatic rings. The molecular formula is C28H30N10O. The lowest BCUT2D eigenvalue weighted by Crippen LogP contribution is -2.28. The number of aromatic nitrogens is 7. The number of nitrogens with zero attached hydrogens (tertiary/aromatic N) is 8. The summed E-state index contributed by atoms with van der Waals surface area (Å²) in [5.41, 5.74) is 7.35. The summed E-state index contributed by atoms with van der Waals surface area (Å²) >= 11 is 0. The van der Waals surface area contributed by atoms with E-state index in [2.05, 4.69) is 60.5 Å². The normalized spacial score (nSPS) is 15.3. The first-order valence-corrected chi connectivity index (χ1v) is 13.2. The molecule has 1 saturated heterocycles. The first-order valence-electron chi connectivity index (χ1n) is 13.2. The summed E-state index contributed by atoms with van der Waals surface area (Å²) < 4.78 is 9.61. The average molecular weight is 523 g/mol. The minimum absolute atomic E-state index is 0.386. The summed E-state index contributed by atoms with van der Waals surface area (Å²) in [5, 5.41) is 16.3. The lowest BCUT2D eigenvalue weighted by atomic mass is 9.97. The molecule has 4 aromatic heterocycles. The van der Waals surface area contributed by atoms with E-state index in [-0.39, 0.29) is 0 Å². The first-order chi connectivity index (χ1) is 19.0. The highest BCUT2D eigenvalue weighted by molar-refractivity contribution is 5.92. The predicted octanol–water partition coefficient (Wildman–Crippen LogP) is 4.79. The SMILES string of the molecule is Cc1cc(Nc2cc(Nc3cccc4c3N(C)Cc3c-4cnn3C3CCOCC3)n3nccc3n2)nc(C)n1. The number of fused-ring (bicyclic) bond motifs is 4. The predicted molar refractivity (Wildman–Crippen MR) is 150 cm³/mol. The zero-order chi connectivity index (χ0) is 26.5. The van der Waals surface area contributed by atoms with Crippen LogP contribution >= 0.6 is 0 Å². The molecule has 11 nitrogen and oxygen atoms in total. The first kappa shape index (κ1) is 23.6. The molecule has 2 aliphatic heterocycles. The average Bonchev–Trinajstić information content (AvgIpc) is 3.56. The van der Waals surface area contributed by atoms with Crippen LogP contribution in [0.1, 0.15) is 36.1 Å². The molecule has 198 valence electrons. The van der Waals surface area contributed by atoms with Gasteiger partial charge < -0.3 is 20.3 Å². The minimum atomic E-state index is 0.386.